The lowest BCUT2D eigenvalue weighted by Crippen LogP contribution is -2.36. The molecule has 0 aromatic heterocycles. The number of ether oxygens (including phenoxy) is 2. The van der Waals surface area contributed by atoms with Gasteiger partial charge in [0.05, 0.1) is 19.1 Å². The van der Waals surface area contributed by atoms with Crippen molar-refractivity contribution in [1.82, 2.24) is 15.4 Å². The topological polar surface area (TPSA) is 101 Å². The van der Waals surface area contributed by atoms with Gasteiger partial charge in [-0.3, -0.25) is 4.99 Å². The fourth-order valence-corrected chi connectivity index (χ4v) is 3.22. The number of nitrogens with one attached hydrogen (secondary N) is 3. The Bertz CT molecular complexity index is 912. The molecule has 28 heavy (non-hydrogen) atoms. The van der Waals surface area contributed by atoms with Crippen LogP contribution in [0, 0.1) is 0 Å². The zero-order valence-corrected chi connectivity index (χ0v) is 17.3. The largest absolute Gasteiger partial charge is 0.493 e. The Morgan fingerprint density at radius 3 is 2.04 bits per heavy atom. The minimum absolute atomic E-state index is 0.231. The van der Waals surface area contributed by atoms with Crippen molar-refractivity contribution in [3.8, 4) is 11.5 Å². The molecule has 0 fully saturated rings. The van der Waals surface area contributed by atoms with E-state index < -0.39 is 10.0 Å². The molecule has 9 heteroatoms. The summed E-state index contributed by atoms with van der Waals surface area (Å²) in [7, 11) is 2.85. The van der Waals surface area contributed by atoms with E-state index in [1.165, 1.54) is 7.05 Å². The van der Waals surface area contributed by atoms with E-state index in [4.69, 9.17) is 9.47 Å². The lowest BCUT2D eigenvalue weighted by Gasteiger charge is -2.14. The van der Waals surface area contributed by atoms with Gasteiger partial charge in [0.15, 0.2) is 17.5 Å². The molecule has 0 radical (unpaired) electrons. The average Bonchev–Trinajstić information content (AvgIpc) is 2.73. The summed E-state index contributed by atoms with van der Waals surface area (Å²) in [5, 5.41) is 6.42. The highest BCUT2D eigenvalue weighted by Crippen LogP contribution is 2.27. The molecule has 0 bridgehead atoms. The molecule has 0 unspecified atom stereocenters. The molecule has 3 N–H and O–H groups in total. The Labute approximate surface area is 166 Å². The van der Waals surface area contributed by atoms with Crippen molar-refractivity contribution in [1.29, 1.82) is 0 Å². The van der Waals surface area contributed by atoms with Crippen LogP contribution in [0.25, 0.3) is 0 Å². The van der Waals surface area contributed by atoms with Gasteiger partial charge in [0.2, 0.25) is 10.0 Å². The molecule has 2 aromatic rings. The van der Waals surface area contributed by atoms with Crippen LogP contribution >= 0.6 is 0 Å². The van der Waals surface area contributed by atoms with Crippen molar-refractivity contribution in [2.75, 3.05) is 28.3 Å². The van der Waals surface area contributed by atoms with Gasteiger partial charge in [-0.2, -0.15) is 0 Å². The average molecular weight is 407 g/mol. The van der Waals surface area contributed by atoms with Gasteiger partial charge in [-0.25, -0.2) is 13.1 Å². The summed E-state index contributed by atoms with van der Waals surface area (Å²) in [6.45, 7) is 1.06. The summed E-state index contributed by atoms with van der Waals surface area (Å²) in [6.07, 6.45) is 0. The zero-order valence-electron chi connectivity index (χ0n) is 16.4. The third-order valence-corrected chi connectivity index (χ3v) is 5.52. The van der Waals surface area contributed by atoms with Crippen LogP contribution < -0.4 is 24.8 Å². The second kappa shape index (κ2) is 9.95. The SMILES string of the molecule is CN=C(NCc1ccc(S(=O)(=O)NC)cc1)NCc1ccc(OC)c(OC)c1. The van der Waals surface area contributed by atoms with Crippen LogP contribution in [0.5, 0.6) is 11.5 Å². The molecule has 0 heterocycles. The molecule has 0 atom stereocenters. The molecule has 0 saturated carbocycles. The number of sulfonamides is 1. The first-order chi connectivity index (χ1) is 13.4. The van der Waals surface area contributed by atoms with E-state index in [1.54, 1.807) is 45.5 Å². The Hall–Kier alpha value is -2.78. The monoisotopic (exact) mass is 406 g/mol. The summed E-state index contributed by atoms with van der Waals surface area (Å²) in [6, 6.07) is 12.4. The first-order valence-electron chi connectivity index (χ1n) is 8.61. The maximum atomic E-state index is 11.8. The normalized spacial score (nSPS) is 11.8. The molecule has 0 aliphatic carbocycles. The number of guanidine groups is 1. The predicted molar refractivity (Wildman–Crippen MR) is 109 cm³/mol. The van der Waals surface area contributed by atoms with E-state index in [2.05, 4.69) is 20.3 Å². The number of nitrogens with zero attached hydrogens (tertiary/aromatic N) is 1. The third kappa shape index (κ3) is 5.61. The van der Waals surface area contributed by atoms with Crippen LogP contribution in [0.4, 0.5) is 0 Å². The fourth-order valence-electron chi connectivity index (χ4n) is 2.49. The van der Waals surface area contributed by atoms with Crippen molar-refractivity contribution in [3.05, 3.63) is 53.6 Å². The summed E-state index contributed by atoms with van der Waals surface area (Å²) in [4.78, 5) is 4.43. The number of methoxy groups -OCH3 is 2. The molecular formula is C19H26N4O4S. The van der Waals surface area contributed by atoms with Gasteiger partial charge in [-0.05, 0) is 42.4 Å². The standard InChI is InChI=1S/C19H26N4O4S/c1-20-19(23-13-15-7-10-17(26-3)18(11-15)27-4)22-12-14-5-8-16(9-6-14)28(24,25)21-2/h5-11,21H,12-13H2,1-4H3,(H2,20,22,23). The quantitative estimate of drug-likeness (QED) is 0.453. The summed E-state index contributed by atoms with van der Waals surface area (Å²) >= 11 is 0. The van der Waals surface area contributed by atoms with Gasteiger partial charge in [0.1, 0.15) is 0 Å². The van der Waals surface area contributed by atoms with Crippen LogP contribution in [0.15, 0.2) is 52.4 Å². The first kappa shape index (κ1) is 21.5. The minimum atomic E-state index is -3.43. The van der Waals surface area contributed by atoms with Gasteiger partial charge >= 0.3 is 0 Å². The van der Waals surface area contributed by atoms with Gasteiger partial charge in [0, 0.05) is 20.1 Å². The lowest BCUT2D eigenvalue weighted by atomic mass is 10.2. The summed E-state index contributed by atoms with van der Waals surface area (Å²) < 4.78 is 36.4. The van der Waals surface area contributed by atoms with E-state index in [1.807, 2.05) is 18.2 Å². The second-order valence-corrected chi connectivity index (χ2v) is 7.71. The molecule has 0 spiro atoms. The van der Waals surface area contributed by atoms with Gasteiger partial charge < -0.3 is 20.1 Å². The third-order valence-electron chi connectivity index (χ3n) is 4.09. The van der Waals surface area contributed by atoms with Crippen molar-refractivity contribution >= 4 is 16.0 Å². The van der Waals surface area contributed by atoms with Crippen LogP contribution in [0.1, 0.15) is 11.1 Å². The highest BCUT2D eigenvalue weighted by molar-refractivity contribution is 7.89. The van der Waals surface area contributed by atoms with E-state index in [0.717, 1.165) is 11.1 Å². The van der Waals surface area contributed by atoms with E-state index in [-0.39, 0.29) is 4.90 Å². The summed E-state index contributed by atoms with van der Waals surface area (Å²) in [5.74, 6) is 1.97. The zero-order chi connectivity index (χ0) is 20.6. The second-order valence-electron chi connectivity index (χ2n) is 5.82. The van der Waals surface area contributed by atoms with E-state index in [9.17, 15) is 8.42 Å². The molecular weight excluding hydrogens is 380 g/mol. The molecule has 152 valence electrons. The smallest absolute Gasteiger partial charge is 0.240 e. The molecule has 0 aliphatic rings. The van der Waals surface area contributed by atoms with Crippen LogP contribution in [0.2, 0.25) is 0 Å². The van der Waals surface area contributed by atoms with E-state index in [0.29, 0.717) is 30.5 Å². The fraction of sp³-hybridized carbons (Fsp3) is 0.316. The van der Waals surface area contributed by atoms with Gasteiger partial charge in [-0.1, -0.05) is 18.2 Å². The molecule has 0 saturated heterocycles. The van der Waals surface area contributed by atoms with Crippen molar-refractivity contribution in [3.63, 3.8) is 0 Å². The molecule has 0 aliphatic heterocycles. The van der Waals surface area contributed by atoms with Crippen molar-refractivity contribution in [2.45, 2.75) is 18.0 Å². The first-order valence-corrected chi connectivity index (χ1v) is 10.1. The number of rotatable bonds is 8. The molecule has 0 amide bonds. The van der Waals surface area contributed by atoms with E-state index >= 15 is 0 Å². The van der Waals surface area contributed by atoms with Crippen LogP contribution in [-0.4, -0.2) is 42.7 Å². The van der Waals surface area contributed by atoms with Crippen LogP contribution in [-0.2, 0) is 23.1 Å². The maximum absolute atomic E-state index is 11.8. The van der Waals surface area contributed by atoms with Crippen molar-refractivity contribution in [2.24, 2.45) is 4.99 Å². The Kier molecular flexibility index (Phi) is 7.65. The van der Waals surface area contributed by atoms with Crippen LogP contribution in [0.3, 0.4) is 0 Å². The lowest BCUT2D eigenvalue weighted by molar-refractivity contribution is 0.354. The molecule has 8 nitrogen and oxygen atoms in total. The number of aliphatic imine (C=N–C) groups is 1. The predicted octanol–water partition coefficient (Wildman–Crippen LogP) is 1.48. The van der Waals surface area contributed by atoms with Gasteiger partial charge in [0.25, 0.3) is 0 Å². The summed E-state index contributed by atoms with van der Waals surface area (Å²) in [5.41, 5.74) is 1.95. The number of hydrogen-bond donors (Lipinski definition) is 3. The highest BCUT2D eigenvalue weighted by atomic mass is 32.2. The Morgan fingerprint density at radius 2 is 1.50 bits per heavy atom. The minimum Gasteiger partial charge on any atom is -0.493 e. The number of hydrogen-bond acceptors (Lipinski definition) is 5. The maximum Gasteiger partial charge on any atom is 0.240 e. The highest BCUT2D eigenvalue weighted by Gasteiger charge is 2.10. The Morgan fingerprint density at radius 1 is 0.929 bits per heavy atom. The number of benzene rings is 2. The molecule has 2 rings (SSSR count). The van der Waals surface area contributed by atoms with Crippen molar-refractivity contribution < 1.29 is 17.9 Å². The van der Waals surface area contributed by atoms with Gasteiger partial charge in [-0.15, -0.1) is 0 Å². The molecule has 2 aromatic carbocycles. The Balaban J connectivity index is 1.93.